The third-order valence-corrected chi connectivity index (χ3v) is 3.13. The number of aliphatic hydroxyl groups is 1. The second-order valence-corrected chi connectivity index (χ2v) is 5.17. The van der Waals surface area contributed by atoms with E-state index in [1.165, 1.54) is 6.54 Å². The zero-order valence-corrected chi connectivity index (χ0v) is 9.92. The molecule has 0 aromatic carbocycles. The lowest BCUT2D eigenvalue weighted by Gasteiger charge is -2.38. The topological polar surface area (TPSA) is 23.5 Å². The summed E-state index contributed by atoms with van der Waals surface area (Å²) in [5.41, 5.74) is -0.345. The molecular weight excluding hydrogens is 174 g/mol. The summed E-state index contributed by atoms with van der Waals surface area (Å²) in [4.78, 5) is 2.48. The zero-order valence-electron chi connectivity index (χ0n) is 9.92. The molecule has 0 aromatic heterocycles. The highest BCUT2D eigenvalue weighted by atomic mass is 16.3. The Morgan fingerprint density at radius 2 is 1.86 bits per heavy atom. The minimum absolute atomic E-state index is 0.345. The standard InChI is InChI=1S/C12H25NO/c1-4-5-12(14)6-8-13(9-7-12)10-11(2)3/h11,14H,4-10H2,1-3H3. The van der Waals surface area contributed by atoms with E-state index >= 15 is 0 Å². The molecule has 14 heavy (non-hydrogen) atoms. The van der Waals surface area contributed by atoms with Gasteiger partial charge in [-0.2, -0.15) is 0 Å². The molecule has 0 radical (unpaired) electrons. The lowest BCUT2D eigenvalue weighted by Crippen LogP contribution is -2.45. The van der Waals surface area contributed by atoms with Gasteiger partial charge in [-0.1, -0.05) is 27.2 Å². The van der Waals surface area contributed by atoms with Gasteiger partial charge < -0.3 is 10.0 Å². The first-order chi connectivity index (χ1) is 6.56. The Balaban J connectivity index is 2.30. The Hall–Kier alpha value is -0.0800. The Morgan fingerprint density at radius 1 is 1.29 bits per heavy atom. The van der Waals surface area contributed by atoms with Crippen molar-refractivity contribution < 1.29 is 5.11 Å². The minimum Gasteiger partial charge on any atom is -0.390 e. The van der Waals surface area contributed by atoms with E-state index in [-0.39, 0.29) is 5.60 Å². The lowest BCUT2D eigenvalue weighted by atomic mass is 9.87. The summed E-state index contributed by atoms with van der Waals surface area (Å²) in [6, 6.07) is 0. The van der Waals surface area contributed by atoms with E-state index < -0.39 is 0 Å². The number of rotatable bonds is 4. The van der Waals surface area contributed by atoms with Crippen LogP contribution >= 0.6 is 0 Å². The molecule has 0 bridgehead atoms. The molecule has 1 saturated heterocycles. The summed E-state index contributed by atoms with van der Waals surface area (Å²) < 4.78 is 0. The molecule has 0 saturated carbocycles. The third kappa shape index (κ3) is 3.58. The van der Waals surface area contributed by atoms with Gasteiger partial charge in [-0.05, 0) is 25.2 Å². The van der Waals surface area contributed by atoms with Crippen molar-refractivity contribution in [1.82, 2.24) is 4.90 Å². The fourth-order valence-electron chi connectivity index (χ4n) is 2.38. The van der Waals surface area contributed by atoms with Crippen LogP contribution < -0.4 is 0 Å². The van der Waals surface area contributed by atoms with Gasteiger partial charge in [0.05, 0.1) is 5.60 Å². The van der Waals surface area contributed by atoms with E-state index in [0.29, 0.717) is 0 Å². The zero-order chi connectivity index (χ0) is 10.6. The molecule has 1 N–H and O–H groups in total. The van der Waals surface area contributed by atoms with Crippen molar-refractivity contribution in [3.8, 4) is 0 Å². The van der Waals surface area contributed by atoms with Crippen LogP contribution in [0.3, 0.4) is 0 Å². The van der Waals surface area contributed by atoms with Crippen LogP contribution in [0.2, 0.25) is 0 Å². The molecule has 1 aliphatic rings. The summed E-state index contributed by atoms with van der Waals surface area (Å²) in [5, 5.41) is 10.2. The van der Waals surface area contributed by atoms with E-state index in [1.807, 2.05) is 0 Å². The molecule has 0 aliphatic carbocycles. The van der Waals surface area contributed by atoms with E-state index in [9.17, 15) is 5.11 Å². The van der Waals surface area contributed by atoms with E-state index in [4.69, 9.17) is 0 Å². The molecule has 0 amide bonds. The SMILES string of the molecule is CCCC1(O)CCN(CC(C)C)CC1. The molecule has 1 aliphatic heterocycles. The van der Waals surface area contributed by atoms with Gasteiger partial charge in [-0.3, -0.25) is 0 Å². The number of hydrogen-bond acceptors (Lipinski definition) is 2. The number of hydrogen-bond donors (Lipinski definition) is 1. The number of nitrogens with zero attached hydrogens (tertiary/aromatic N) is 1. The van der Waals surface area contributed by atoms with Gasteiger partial charge in [0, 0.05) is 19.6 Å². The Bertz CT molecular complexity index is 160. The van der Waals surface area contributed by atoms with Crippen LogP contribution in [0, 0.1) is 5.92 Å². The fraction of sp³-hybridized carbons (Fsp3) is 1.00. The molecule has 0 unspecified atom stereocenters. The van der Waals surface area contributed by atoms with Crippen molar-refractivity contribution in [2.75, 3.05) is 19.6 Å². The van der Waals surface area contributed by atoms with Crippen molar-refractivity contribution in [2.24, 2.45) is 5.92 Å². The monoisotopic (exact) mass is 199 g/mol. The highest BCUT2D eigenvalue weighted by Gasteiger charge is 2.30. The largest absolute Gasteiger partial charge is 0.390 e. The second-order valence-electron chi connectivity index (χ2n) is 5.17. The normalized spacial score (nSPS) is 22.9. The first-order valence-electron chi connectivity index (χ1n) is 6.00. The summed E-state index contributed by atoms with van der Waals surface area (Å²) in [5.74, 6) is 0.743. The molecule has 1 fully saturated rings. The van der Waals surface area contributed by atoms with Gasteiger partial charge in [0.1, 0.15) is 0 Å². The molecular formula is C12H25NO. The summed E-state index contributed by atoms with van der Waals surface area (Å²) >= 11 is 0. The molecule has 2 nitrogen and oxygen atoms in total. The smallest absolute Gasteiger partial charge is 0.0672 e. The van der Waals surface area contributed by atoms with E-state index in [1.54, 1.807) is 0 Å². The highest BCUT2D eigenvalue weighted by molar-refractivity contribution is 4.85. The quantitative estimate of drug-likeness (QED) is 0.751. The van der Waals surface area contributed by atoms with Gasteiger partial charge in [0.15, 0.2) is 0 Å². The Labute approximate surface area is 88.3 Å². The first-order valence-corrected chi connectivity index (χ1v) is 6.00. The van der Waals surface area contributed by atoms with Crippen LogP contribution in [-0.4, -0.2) is 35.2 Å². The molecule has 2 heteroatoms. The highest BCUT2D eigenvalue weighted by Crippen LogP contribution is 2.26. The third-order valence-electron chi connectivity index (χ3n) is 3.13. The predicted octanol–water partition coefficient (Wildman–Crippen LogP) is 2.27. The minimum atomic E-state index is -0.345. The summed E-state index contributed by atoms with van der Waals surface area (Å²) in [7, 11) is 0. The summed E-state index contributed by atoms with van der Waals surface area (Å²) in [6.07, 6.45) is 4.00. The molecule has 1 heterocycles. The van der Waals surface area contributed by atoms with Crippen LogP contribution in [-0.2, 0) is 0 Å². The second kappa shape index (κ2) is 5.13. The maximum Gasteiger partial charge on any atom is 0.0672 e. The maximum absolute atomic E-state index is 10.2. The molecule has 0 aromatic rings. The van der Waals surface area contributed by atoms with Crippen molar-refractivity contribution in [1.29, 1.82) is 0 Å². The fourth-order valence-corrected chi connectivity index (χ4v) is 2.38. The number of likely N-dealkylation sites (tertiary alicyclic amines) is 1. The van der Waals surface area contributed by atoms with E-state index in [0.717, 1.165) is 44.7 Å². The molecule has 0 spiro atoms. The Morgan fingerprint density at radius 3 is 2.29 bits per heavy atom. The lowest BCUT2D eigenvalue weighted by molar-refractivity contribution is -0.0299. The van der Waals surface area contributed by atoms with Crippen LogP contribution in [0.25, 0.3) is 0 Å². The van der Waals surface area contributed by atoms with Crippen molar-refractivity contribution in [2.45, 2.75) is 52.1 Å². The van der Waals surface area contributed by atoms with Crippen LogP contribution in [0.5, 0.6) is 0 Å². The predicted molar refractivity (Wildman–Crippen MR) is 60.4 cm³/mol. The average molecular weight is 199 g/mol. The number of piperidine rings is 1. The molecule has 84 valence electrons. The van der Waals surface area contributed by atoms with Crippen molar-refractivity contribution in [3.63, 3.8) is 0 Å². The van der Waals surface area contributed by atoms with Gasteiger partial charge in [-0.25, -0.2) is 0 Å². The van der Waals surface area contributed by atoms with Gasteiger partial charge in [-0.15, -0.1) is 0 Å². The van der Waals surface area contributed by atoms with Crippen molar-refractivity contribution >= 4 is 0 Å². The van der Waals surface area contributed by atoms with Crippen molar-refractivity contribution in [3.05, 3.63) is 0 Å². The maximum atomic E-state index is 10.2. The molecule has 1 rings (SSSR count). The van der Waals surface area contributed by atoms with Crippen LogP contribution in [0.4, 0.5) is 0 Å². The van der Waals surface area contributed by atoms with E-state index in [2.05, 4.69) is 25.7 Å². The average Bonchev–Trinajstić information content (AvgIpc) is 2.09. The first kappa shape index (κ1) is 12.0. The van der Waals surface area contributed by atoms with Crippen LogP contribution in [0.1, 0.15) is 46.5 Å². The summed E-state index contributed by atoms with van der Waals surface area (Å²) in [6.45, 7) is 10.0. The Kier molecular flexibility index (Phi) is 4.39. The van der Waals surface area contributed by atoms with Gasteiger partial charge in [0.2, 0.25) is 0 Å². The molecule has 0 atom stereocenters. The van der Waals surface area contributed by atoms with Gasteiger partial charge in [0.25, 0.3) is 0 Å². The van der Waals surface area contributed by atoms with Crippen LogP contribution in [0.15, 0.2) is 0 Å². The van der Waals surface area contributed by atoms with Gasteiger partial charge >= 0.3 is 0 Å².